The molecule has 1 aliphatic rings. The van der Waals surface area contributed by atoms with Crippen molar-refractivity contribution >= 4 is 36.1 Å². The van der Waals surface area contributed by atoms with Crippen molar-refractivity contribution in [3.8, 4) is 0 Å². The van der Waals surface area contributed by atoms with Crippen LogP contribution in [0.15, 0.2) is 243 Å². The summed E-state index contributed by atoms with van der Waals surface area (Å²) in [5.74, 6) is 0. The summed E-state index contributed by atoms with van der Waals surface area (Å²) in [4.78, 5) is 4.96. The molecule has 0 N–H and O–H groups in total. The minimum Gasteiger partial charge on any atom is -0.369 e. The van der Waals surface area contributed by atoms with E-state index < -0.39 is 0 Å². The summed E-state index contributed by atoms with van der Waals surface area (Å²) in [5.41, 5.74) is 10.4. The van der Waals surface area contributed by atoms with Crippen LogP contribution in [0.25, 0.3) is 21.5 Å². The minimum absolute atomic E-state index is 0. The van der Waals surface area contributed by atoms with Gasteiger partial charge in [0, 0.05) is 37.6 Å². The summed E-state index contributed by atoms with van der Waals surface area (Å²) < 4.78 is 1.42. The molecule has 9 aromatic carbocycles. The van der Waals surface area contributed by atoms with Crippen molar-refractivity contribution in [1.82, 2.24) is 0 Å². The SMILES string of the molecule is [C-]1=CC=CC1.[Cl-].[Cl-].[Zr+2]=[C](c1ccccc1)c1ccccc1.c1ccc(CN(Cc2ccccc2)c2ccc3c(c2)[cH-]c2cc(N(Cc4ccccc4)Cc4ccccc4)ccc23)cc1. The van der Waals surface area contributed by atoms with Crippen molar-refractivity contribution in [2.75, 3.05) is 9.80 Å². The Morgan fingerprint density at radius 1 is 0.438 bits per heavy atom. The molecule has 9 aromatic rings. The van der Waals surface area contributed by atoms with Crippen molar-refractivity contribution in [2.45, 2.75) is 32.6 Å². The van der Waals surface area contributed by atoms with E-state index in [0.29, 0.717) is 0 Å². The molecule has 0 amide bonds. The van der Waals surface area contributed by atoms with Crippen molar-refractivity contribution in [2.24, 2.45) is 0 Å². The van der Waals surface area contributed by atoms with Crippen LogP contribution in [0.2, 0.25) is 0 Å². The number of anilines is 2. The normalized spacial score (nSPS) is 11.0. The van der Waals surface area contributed by atoms with Crippen LogP contribution < -0.4 is 34.6 Å². The van der Waals surface area contributed by atoms with Gasteiger partial charge in [0.15, 0.2) is 0 Å². The van der Waals surface area contributed by atoms with Gasteiger partial charge in [-0.3, -0.25) is 6.08 Å². The Morgan fingerprint density at radius 3 is 1.05 bits per heavy atom. The molecule has 64 heavy (non-hydrogen) atoms. The second kappa shape index (κ2) is 24.8. The van der Waals surface area contributed by atoms with E-state index in [1.54, 1.807) is 0 Å². The molecule has 0 unspecified atom stereocenters. The molecule has 10 rings (SSSR count). The van der Waals surface area contributed by atoms with Crippen LogP contribution in [-0.2, 0) is 50.4 Å². The van der Waals surface area contributed by atoms with Gasteiger partial charge in [0.2, 0.25) is 0 Å². The summed E-state index contributed by atoms with van der Waals surface area (Å²) in [6.45, 7) is 3.44. The van der Waals surface area contributed by atoms with E-state index in [1.165, 1.54) is 93.7 Å². The molecule has 0 bridgehead atoms. The molecule has 0 aromatic heterocycles. The van der Waals surface area contributed by atoms with Gasteiger partial charge in [0.1, 0.15) is 0 Å². The molecule has 0 spiro atoms. The Balaban J connectivity index is 0.000000268. The second-order valence-corrected chi connectivity index (χ2v) is 16.7. The minimum atomic E-state index is 0. The largest absolute Gasteiger partial charge is 0.369 e. The van der Waals surface area contributed by atoms with Crippen LogP contribution in [0.4, 0.5) is 11.4 Å². The van der Waals surface area contributed by atoms with E-state index in [1.807, 2.05) is 12.2 Å². The van der Waals surface area contributed by atoms with E-state index in [4.69, 9.17) is 0 Å². The van der Waals surface area contributed by atoms with Gasteiger partial charge in [0.05, 0.1) is 0 Å². The first-order valence-corrected chi connectivity index (χ1v) is 22.6. The van der Waals surface area contributed by atoms with E-state index >= 15 is 0 Å². The average Bonchev–Trinajstić information content (AvgIpc) is 4.05. The Hall–Kier alpha value is -5.96. The zero-order valence-corrected chi connectivity index (χ0v) is 39.7. The Kier molecular flexibility index (Phi) is 18.4. The standard InChI is InChI=1S/C41H35N2.C13H10.C5H5.2ClH.Zr/c1-5-13-32(14-6-1)28-42(29-33-15-7-2-8-16-33)38-21-23-40-36(26-38)25-37-27-39(22-24-41(37)40)43(30-34-17-9-3-10-18-34)31-35-19-11-4-12-20-35;1-3-7-12(8-4-1)11-13-9-5-2-6-10-13;1-2-4-5-3-1;;;/h1-27H,28-31H2;1-10H;1-3H,4H2;2*1H;/q-1;;-1;;;+2/p-2. The molecule has 2 nitrogen and oxygen atoms in total. The van der Waals surface area contributed by atoms with E-state index in [0.717, 1.165) is 32.6 Å². The molecule has 0 saturated heterocycles. The third-order valence-corrected chi connectivity index (χ3v) is 12.4. The first-order valence-electron chi connectivity index (χ1n) is 21.4. The van der Waals surface area contributed by atoms with Gasteiger partial charge in [0.25, 0.3) is 0 Å². The number of halogens is 2. The maximum Gasteiger partial charge on any atom is 0.0427 e. The van der Waals surface area contributed by atoms with Gasteiger partial charge in [-0.05, 0) is 22.3 Å². The fraction of sp³-hybridized carbons (Fsp3) is 0.0847. The van der Waals surface area contributed by atoms with Crippen LogP contribution >= 0.6 is 0 Å². The van der Waals surface area contributed by atoms with Crippen molar-refractivity contribution in [3.05, 3.63) is 282 Å². The summed E-state index contributed by atoms with van der Waals surface area (Å²) >= 11 is 1.46. The number of fused-ring (bicyclic) bond motifs is 3. The Morgan fingerprint density at radius 2 is 0.766 bits per heavy atom. The molecular weight excluding hydrogens is 899 g/mol. The van der Waals surface area contributed by atoms with Crippen molar-refractivity contribution in [1.29, 1.82) is 0 Å². The van der Waals surface area contributed by atoms with Gasteiger partial charge in [-0.2, -0.15) is 6.08 Å². The predicted molar refractivity (Wildman–Crippen MR) is 260 cm³/mol. The van der Waals surface area contributed by atoms with Crippen LogP contribution in [0.3, 0.4) is 0 Å². The summed E-state index contributed by atoms with van der Waals surface area (Å²) in [6.07, 6.45) is 10.0. The van der Waals surface area contributed by atoms with E-state index in [9.17, 15) is 0 Å². The average molecular weight is 949 g/mol. The molecule has 0 saturated carbocycles. The summed E-state index contributed by atoms with van der Waals surface area (Å²) in [6, 6.07) is 80.4. The first-order chi connectivity index (χ1) is 30.7. The molecule has 0 aliphatic heterocycles. The molecule has 0 heterocycles. The Bertz CT molecular complexity index is 2550. The summed E-state index contributed by atoms with van der Waals surface area (Å²) in [5, 5.41) is 5.19. The zero-order valence-electron chi connectivity index (χ0n) is 35.8. The van der Waals surface area contributed by atoms with Crippen LogP contribution in [-0.4, -0.2) is 3.21 Å². The van der Waals surface area contributed by atoms with E-state index in [2.05, 4.69) is 246 Å². The molecule has 316 valence electrons. The fourth-order valence-corrected chi connectivity index (χ4v) is 8.62. The zero-order chi connectivity index (χ0) is 42.2. The van der Waals surface area contributed by atoms with Crippen LogP contribution in [0.5, 0.6) is 0 Å². The summed E-state index contributed by atoms with van der Waals surface area (Å²) in [7, 11) is 0. The molecule has 5 heteroatoms. The monoisotopic (exact) mass is 946 g/mol. The number of nitrogens with zero attached hydrogens (tertiary/aromatic N) is 2. The second-order valence-electron chi connectivity index (χ2n) is 15.5. The van der Waals surface area contributed by atoms with Crippen molar-refractivity contribution < 1.29 is 49.0 Å². The quantitative estimate of drug-likeness (QED) is 0.114. The first kappa shape index (κ1) is 47.5. The Labute approximate surface area is 406 Å². The topological polar surface area (TPSA) is 6.48 Å². The number of hydrogen-bond donors (Lipinski definition) is 0. The predicted octanol–water partition coefficient (Wildman–Crippen LogP) is 8.24. The maximum atomic E-state index is 2.99. The molecule has 0 radical (unpaired) electrons. The molecular formula is C59H50Cl2N2Zr-2. The molecule has 0 atom stereocenters. The third-order valence-electron chi connectivity index (χ3n) is 11.0. The van der Waals surface area contributed by atoms with Gasteiger partial charge >= 0.3 is 99.2 Å². The number of rotatable bonds is 12. The number of allylic oxidation sites excluding steroid dienone is 4. The van der Waals surface area contributed by atoms with Crippen LogP contribution in [0.1, 0.15) is 39.8 Å². The van der Waals surface area contributed by atoms with Crippen molar-refractivity contribution in [3.63, 3.8) is 0 Å². The molecule has 1 aliphatic carbocycles. The molecule has 0 fully saturated rings. The van der Waals surface area contributed by atoms with Gasteiger partial charge in [-0.15, -0.1) is 34.0 Å². The van der Waals surface area contributed by atoms with Crippen LogP contribution in [0, 0.1) is 6.08 Å². The van der Waals surface area contributed by atoms with E-state index in [-0.39, 0.29) is 24.8 Å². The fourth-order valence-electron chi connectivity index (χ4n) is 7.80. The third kappa shape index (κ3) is 13.3. The smallest absolute Gasteiger partial charge is 0.0427 e. The van der Waals surface area contributed by atoms with Gasteiger partial charge < -0.3 is 34.6 Å². The number of hydrogen-bond acceptors (Lipinski definition) is 2. The maximum absolute atomic E-state index is 2.99. The van der Waals surface area contributed by atoms with Gasteiger partial charge in [-0.1, -0.05) is 158 Å². The van der Waals surface area contributed by atoms with Gasteiger partial charge in [-0.25, -0.2) is 12.2 Å². The number of benzene rings is 8.